The van der Waals surface area contributed by atoms with E-state index in [4.69, 9.17) is 18.3 Å². The number of hydrogen-bond acceptors (Lipinski definition) is 12. The van der Waals surface area contributed by atoms with Crippen molar-refractivity contribution in [2.45, 2.75) is 45.8 Å². The van der Waals surface area contributed by atoms with E-state index in [-0.39, 0.29) is 74.6 Å². The predicted octanol–water partition coefficient (Wildman–Crippen LogP) is 6.34. The molecule has 5 aromatic rings. The average Bonchev–Trinajstić information content (AvgIpc) is 3.79. The van der Waals surface area contributed by atoms with E-state index in [1.165, 1.54) is 24.3 Å². The van der Waals surface area contributed by atoms with Gasteiger partial charge in [0.2, 0.25) is 23.1 Å². The van der Waals surface area contributed by atoms with Crippen LogP contribution < -0.4 is 0 Å². The number of hydrogen-bond donors (Lipinski definition) is 0. The smallest absolute Gasteiger partial charge is 0.314 e. The second-order valence-corrected chi connectivity index (χ2v) is 13.0. The molecule has 266 valence electrons. The van der Waals surface area contributed by atoms with Gasteiger partial charge in [0.05, 0.1) is 11.1 Å². The molecule has 2 aromatic heterocycles. The van der Waals surface area contributed by atoms with Crippen molar-refractivity contribution < 1.29 is 56.7 Å². The van der Waals surface area contributed by atoms with Crippen LogP contribution >= 0.6 is 0 Å². The highest BCUT2D eigenvalue weighted by Crippen LogP contribution is 2.31. The molecule has 7 rings (SSSR count). The Bertz CT molecular complexity index is 2240. The molecule has 0 bridgehead atoms. The number of carbonyl (C=O) groups excluding carboxylic acids is 8. The Balaban J connectivity index is 0.000000183. The van der Waals surface area contributed by atoms with Gasteiger partial charge in [-0.2, -0.15) is 0 Å². The molecule has 0 atom stereocenters. The molecule has 0 amide bonds. The van der Waals surface area contributed by atoms with E-state index >= 15 is 0 Å². The van der Waals surface area contributed by atoms with Gasteiger partial charge in [0, 0.05) is 22.3 Å². The highest BCUT2D eigenvalue weighted by atomic mass is 16.6. The SMILES string of the molecule is CC(C)(C)OC(=O)CC(=O)c1cc2c(o1)C(=O)c1ccccc1C2=O.O=C(CC(=O)c1cc2c(o1)C(=O)c1ccccc1C2=O)OCc1ccccc1. The van der Waals surface area contributed by atoms with Crippen LogP contribution in [0.2, 0.25) is 0 Å². The highest BCUT2D eigenvalue weighted by Gasteiger charge is 2.36. The van der Waals surface area contributed by atoms with Gasteiger partial charge in [-0.1, -0.05) is 78.9 Å². The normalized spacial score (nSPS) is 12.7. The minimum absolute atomic E-state index is 0.0321. The predicted molar refractivity (Wildman–Crippen MR) is 184 cm³/mol. The number of furan rings is 2. The third-order valence-corrected chi connectivity index (χ3v) is 8.02. The van der Waals surface area contributed by atoms with Gasteiger partial charge < -0.3 is 18.3 Å². The molecule has 0 spiro atoms. The summed E-state index contributed by atoms with van der Waals surface area (Å²) in [5.74, 6) is -5.17. The Hall–Kier alpha value is -6.82. The number of Topliss-reactive ketones (excluding diaryl/α,β-unsaturated/α-hetero) is 2. The Morgan fingerprint density at radius 3 is 1.36 bits per heavy atom. The first-order chi connectivity index (χ1) is 25.2. The molecule has 0 fully saturated rings. The molecule has 0 unspecified atom stereocenters. The van der Waals surface area contributed by atoms with Crippen molar-refractivity contribution in [2.24, 2.45) is 0 Å². The Labute approximate surface area is 301 Å². The van der Waals surface area contributed by atoms with E-state index in [2.05, 4.69) is 0 Å². The molecular weight excluding hydrogens is 684 g/mol. The maximum atomic E-state index is 12.6. The van der Waals surface area contributed by atoms with Gasteiger partial charge in [-0.15, -0.1) is 0 Å². The van der Waals surface area contributed by atoms with Gasteiger partial charge in [0.25, 0.3) is 0 Å². The first-order valence-corrected chi connectivity index (χ1v) is 16.3. The molecule has 0 N–H and O–H groups in total. The molecule has 3 aromatic carbocycles. The van der Waals surface area contributed by atoms with Crippen LogP contribution in [-0.2, 0) is 25.7 Å². The van der Waals surface area contributed by atoms with Crippen LogP contribution in [0.1, 0.15) is 124 Å². The molecule has 0 saturated carbocycles. The number of ketones is 6. The maximum absolute atomic E-state index is 12.6. The minimum atomic E-state index is -0.718. The van der Waals surface area contributed by atoms with Crippen LogP contribution in [0.25, 0.3) is 0 Å². The van der Waals surface area contributed by atoms with E-state index in [0.29, 0.717) is 0 Å². The van der Waals surface area contributed by atoms with Gasteiger partial charge in [-0.05, 0) is 38.5 Å². The highest BCUT2D eigenvalue weighted by molar-refractivity contribution is 6.29. The zero-order valence-electron chi connectivity index (χ0n) is 28.7. The minimum Gasteiger partial charge on any atom is -0.460 e. The standard InChI is InChI=1S/C22H14O6.C19H16O6/c23-17(11-19(24)27-12-13-6-2-1-3-7-13)18-10-16-20(25)14-8-4-5-9-15(14)21(26)22(16)28-18;1-19(2,3)25-15(21)9-13(20)14-8-12-16(22)10-6-4-5-7-11(10)17(23)18(12)24-14/h1-10H,11-12H2;4-8H,9H2,1-3H3. The lowest BCUT2D eigenvalue weighted by atomic mass is 9.88. The third kappa shape index (κ3) is 7.61. The van der Waals surface area contributed by atoms with Gasteiger partial charge in [0.15, 0.2) is 34.6 Å². The van der Waals surface area contributed by atoms with Crippen molar-refractivity contribution in [1.82, 2.24) is 0 Å². The zero-order valence-corrected chi connectivity index (χ0v) is 28.7. The van der Waals surface area contributed by atoms with Crippen LogP contribution in [0, 0.1) is 0 Å². The van der Waals surface area contributed by atoms with Crippen molar-refractivity contribution in [3.63, 3.8) is 0 Å². The zero-order chi connectivity index (χ0) is 38.0. The number of fused-ring (bicyclic) bond motifs is 4. The van der Waals surface area contributed by atoms with E-state index in [0.717, 1.165) is 5.56 Å². The monoisotopic (exact) mass is 714 g/mol. The number of ether oxygens (including phenoxy) is 2. The number of esters is 2. The van der Waals surface area contributed by atoms with Crippen LogP contribution in [0.15, 0.2) is 99.8 Å². The quantitative estimate of drug-likeness (QED) is 0.0969. The largest absolute Gasteiger partial charge is 0.460 e. The van der Waals surface area contributed by atoms with E-state index in [1.54, 1.807) is 69.3 Å². The first-order valence-electron chi connectivity index (χ1n) is 16.3. The lowest BCUT2D eigenvalue weighted by Gasteiger charge is -2.18. The molecule has 0 aliphatic heterocycles. The van der Waals surface area contributed by atoms with Crippen LogP contribution in [0.3, 0.4) is 0 Å². The Morgan fingerprint density at radius 2 is 0.925 bits per heavy atom. The summed E-state index contributed by atoms with van der Waals surface area (Å²) in [6.45, 7) is 5.12. The second kappa shape index (κ2) is 14.4. The fraction of sp³-hybridized carbons (Fsp3) is 0.171. The molecule has 12 nitrogen and oxygen atoms in total. The summed E-state index contributed by atoms with van der Waals surface area (Å²) < 4.78 is 20.8. The van der Waals surface area contributed by atoms with Crippen molar-refractivity contribution in [3.05, 3.63) is 153 Å². The van der Waals surface area contributed by atoms with E-state index < -0.39 is 53.5 Å². The molecule has 12 heteroatoms. The van der Waals surface area contributed by atoms with Crippen molar-refractivity contribution in [1.29, 1.82) is 0 Å². The maximum Gasteiger partial charge on any atom is 0.314 e. The van der Waals surface area contributed by atoms with Crippen LogP contribution in [-0.4, -0.2) is 52.2 Å². The molecule has 53 heavy (non-hydrogen) atoms. The summed E-state index contributed by atoms with van der Waals surface area (Å²) >= 11 is 0. The summed E-state index contributed by atoms with van der Waals surface area (Å²) in [5, 5.41) is 0. The third-order valence-electron chi connectivity index (χ3n) is 8.02. The van der Waals surface area contributed by atoms with Crippen LogP contribution in [0.4, 0.5) is 0 Å². The molecule has 0 radical (unpaired) electrons. The summed E-state index contributed by atoms with van der Waals surface area (Å²) in [4.78, 5) is 98.3. The summed E-state index contributed by atoms with van der Waals surface area (Å²) in [6.07, 6.45) is -1.08. The summed E-state index contributed by atoms with van der Waals surface area (Å²) in [6, 6.07) is 24.3. The Morgan fingerprint density at radius 1 is 0.528 bits per heavy atom. The fourth-order valence-corrected chi connectivity index (χ4v) is 5.63. The number of carbonyl (C=O) groups is 8. The fourth-order valence-electron chi connectivity index (χ4n) is 5.63. The van der Waals surface area contributed by atoms with Crippen molar-refractivity contribution in [3.8, 4) is 0 Å². The van der Waals surface area contributed by atoms with Gasteiger partial charge in [0.1, 0.15) is 25.0 Å². The van der Waals surface area contributed by atoms with Crippen LogP contribution in [0.5, 0.6) is 0 Å². The average molecular weight is 715 g/mol. The number of rotatable bonds is 8. The first kappa shape index (κ1) is 36.0. The van der Waals surface area contributed by atoms with Crippen molar-refractivity contribution in [2.75, 3.05) is 0 Å². The second-order valence-electron chi connectivity index (χ2n) is 13.0. The number of benzene rings is 3. The molecule has 0 saturated heterocycles. The lowest BCUT2D eigenvalue weighted by Crippen LogP contribution is -2.25. The molecule has 2 heterocycles. The van der Waals surface area contributed by atoms with Gasteiger partial charge in [-0.3, -0.25) is 38.4 Å². The lowest BCUT2D eigenvalue weighted by molar-refractivity contribution is -0.153. The van der Waals surface area contributed by atoms with E-state index in [1.807, 2.05) is 18.2 Å². The molecular formula is C41H30O12. The van der Waals surface area contributed by atoms with Gasteiger partial charge >= 0.3 is 11.9 Å². The Kier molecular flexibility index (Phi) is 9.80. The van der Waals surface area contributed by atoms with Gasteiger partial charge in [-0.25, -0.2) is 0 Å². The van der Waals surface area contributed by atoms with Crippen molar-refractivity contribution >= 4 is 46.6 Å². The summed E-state index contributed by atoms with van der Waals surface area (Å²) in [5.41, 5.74) is 1.16. The molecule has 2 aliphatic rings. The van der Waals surface area contributed by atoms with E-state index in [9.17, 15) is 38.4 Å². The molecule has 2 aliphatic carbocycles. The summed E-state index contributed by atoms with van der Waals surface area (Å²) in [7, 11) is 0. The topological polar surface area (TPSA) is 181 Å².